The molecule has 0 saturated carbocycles. The molecule has 0 aliphatic carbocycles. The second-order valence-electron chi connectivity index (χ2n) is 5.94. The van der Waals surface area contributed by atoms with Gasteiger partial charge in [-0.15, -0.1) is 0 Å². The summed E-state index contributed by atoms with van der Waals surface area (Å²) in [6.07, 6.45) is 6.61. The van der Waals surface area contributed by atoms with Crippen molar-refractivity contribution in [2.75, 3.05) is 18.5 Å². The molecule has 6 nitrogen and oxygen atoms in total. The second kappa shape index (κ2) is 7.97. The second-order valence-corrected chi connectivity index (χ2v) is 5.94. The lowest BCUT2D eigenvalue weighted by Gasteiger charge is -2.34. The zero-order chi connectivity index (χ0) is 16.8. The molecule has 1 aliphatic rings. The first kappa shape index (κ1) is 16.5. The van der Waals surface area contributed by atoms with Crippen molar-refractivity contribution in [1.82, 2.24) is 14.9 Å². The molecule has 1 saturated heterocycles. The number of hydrogen-bond donors (Lipinski definition) is 2. The maximum Gasteiger partial charge on any atom is 0.322 e. The van der Waals surface area contributed by atoms with Crippen LogP contribution in [0.3, 0.4) is 0 Å². The predicted octanol–water partition coefficient (Wildman–Crippen LogP) is 3.71. The van der Waals surface area contributed by atoms with Gasteiger partial charge < -0.3 is 19.9 Å². The number of carbonyl (C=O) groups is 1. The van der Waals surface area contributed by atoms with Crippen molar-refractivity contribution in [3.05, 3.63) is 48.0 Å². The Kier molecular flexibility index (Phi) is 5.48. The van der Waals surface area contributed by atoms with Crippen molar-refractivity contribution >= 4 is 11.7 Å². The van der Waals surface area contributed by atoms with Gasteiger partial charge in [0.1, 0.15) is 5.82 Å². The maximum absolute atomic E-state index is 12.7. The lowest BCUT2D eigenvalue weighted by molar-refractivity contribution is 0.134. The molecule has 3 rings (SSSR count). The minimum atomic E-state index is -0.0753. The summed E-state index contributed by atoms with van der Waals surface area (Å²) in [6.45, 7) is 4.02. The summed E-state index contributed by atoms with van der Waals surface area (Å²) < 4.78 is 5.39. The number of amides is 2. The Bertz CT molecular complexity index is 640. The first-order valence-corrected chi connectivity index (χ1v) is 8.51. The molecule has 2 aromatic rings. The standard InChI is InChI=1S/C18H24N4O2/c1-2-24-13-14-6-8-15(9-7-14)21-18(23)22-12-4-3-5-16(22)17-19-10-11-20-17/h6-11,16H,2-5,12-13H2,1H3,(H,19,20)(H,21,23). The zero-order valence-corrected chi connectivity index (χ0v) is 14.0. The topological polar surface area (TPSA) is 70.2 Å². The third kappa shape index (κ3) is 3.94. The van der Waals surface area contributed by atoms with Crippen LogP contribution in [0.25, 0.3) is 0 Å². The van der Waals surface area contributed by atoms with Crippen LogP contribution < -0.4 is 5.32 Å². The number of imidazole rings is 1. The average Bonchev–Trinajstić information content (AvgIpc) is 3.15. The van der Waals surface area contributed by atoms with Crippen LogP contribution in [0, 0.1) is 0 Å². The molecular formula is C18H24N4O2. The molecule has 2 N–H and O–H groups in total. The largest absolute Gasteiger partial charge is 0.377 e. The summed E-state index contributed by atoms with van der Waals surface area (Å²) >= 11 is 0. The Hall–Kier alpha value is -2.34. The van der Waals surface area contributed by atoms with E-state index in [2.05, 4.69) is 15.3 Å². The predicted molar refractivity (Wildman–Crippen MR) is 92.7 cm³/mol. The number of H-pyrrole nitrogens is 1. The van der Waals surface area contributed by atoms with E-state index < -0.39 is 0 Å². The smallest absolute Gasteiger partial charge is 0.322 e. The number of aromatic nitrogens is 2. The van der Waals surface area contributed by atoms with Gasteiger partial charge in [0.15, 0.2) is 0 Å². The van der Waals surface area contributed by atoms with E-state index in [1.165, 1.54) is 0 Å². The highest BCUT2D eigenvalue weighted by molar-refractivity contribution is 5.89. The summed E-state index contributed by atoms with van der Waals surface area (Å²) in [7, 11) is 0. The fourth-order valence-corrected chi connectivity index (χ4v) is 3.02. The summed E-state index contributed by atoms with van der Waals surface area (Å²) in [6, 6.07) is 7.73. The van der Waals surface area contributed by atoms with Gasteiger partial charge in [-0.25, -0.2) is 9.78 Å². The normalized spacial score (nSPS) is 17.7. The van der Waals surface area contributed by atoms with Crippen molar-refractivity contribution in [1.29, 1.82) is 0 Å². The van der Waals surface area contributed by atoms with Crippen molar-refractivity contribution < 1.29 is 9.53 Å². The molecule has 128 valence electrons. The number of rotatable bonds is 5. The molecule has 24 heavy (non-hydrogen) atoms. The number of nitrogens with one attached hydrogen (secondary N) is 2. The Balaban J connectivity index is 1.64. The molecule has 0 radical (unpaired) electrons. The van der Waals surface area contributed by atoms with E-state index in [4.69, 9.17) is 4.74 Å². The Morgan fingerprint density at radius 3 is 2.92 bits per heavy atom. The summed E-state index contributed by atoms with van der Waals surface area (Å²) in [5.74, 6) is 0.858. The lowest BCUT2D eigenvalue weighted by Crippen LogP contribution is -2.41. The van der Waals surface area contributed by atoms with Crippen molar-refractivity contribution in [3.8, 4) is 0 Å². The van der Waals surface area contributed by atoms with E-state index in [1.807, 2.05) is 36.1 Å². The minimum Gasteiger partial charge on any atom is -0.377 e. The molecule has 6 heteroatoms. The van der Waals surface area contributed by atoms with Gasteiger partial charge >= 0.3 is 6.03 Å². The molecular weight excluding hydrogens is 304 g/mol. The van der Waals surface area contributed by atoms with E-state index >= 15 is 0 Å². The summed E-state index contributed by atoms with van der Waals surface area (Å²) in [4.78, 5) is 22.0. The number of carbonyl (C=O) groups excluding carboxylic acids is 1. The quantitative estimate of drug-likeness (QED) is 0.879. The number of nitrogens with zero attached hydrogens (tertiary/aromatic N) is 2. The molecule has 1 fully saturated rings. The van der Waals surface area contributed by atoms with E-state index in [0.717, 1.165) is 42.9 Å². The van der Waals surface area contributed by atoms with Crippen LogP contribution in [0.2, 0.25) is 0 Å². The first-order valence-electron chi connectivity index (χ1n) is 8.51. The van der Waals surface area contributed by atoms with Gasteiger partial charge in [0.05, 0.1) is 12.6 Å². The van der Waals surface area contributed by atoms with Crippen LogP contribution >= 0.6 is 0 Å². The van der Waals surface area contributed by atoms with Gasteiger partial charge in [-0.05, 0) is 43.9 Å². The first-order chi connectivity index (χ1) is 11.8. The monoisotopic (exact) mass is 328 g/mol. The van der Waals surface area contributed by atoms with E-state index in [1.54, 1.807) is 12.4 Å². The minimum absolute atomic E-state index is 0.0194. The molecule has 2 heterocycles. The van der Waals surface area contributed by atoms with Crippen LogP contribution in [-0.2, 0) is 11.3 Å². The highest BCUT2D eigenvalue weighted by Gasteiger charge is 2.29. The van der Waals surface area contributed by atoms with Crippen molar-refractivity contribution in [2.45, 2.75) is 38.8 Å². The Labute approximate surface area is 142 Å². The maximum atomic E-state index is 12.7. The highest BCUT2D eigenvalue weighted by atomic mass is 16.5. The van der Waals surface area contributed by atoms with Crippen LogP contribution in [0.1, 0.15) is 43.6 Å². The number of likely N-dealkylation sites (tertiary alicyclic amines) is 1. The van der Waals surface area contributed by atoms with Gasteiger partial charge in [0.2, 0.25) is 0 Å². The van der Waals surface area contributed by atoms with Gasteiger partial charge in [-0.3, -0.25) is 0 Å². The number of aromatic amines is 1. The molecule has 1 atom stereocenters. The Morgan fingerprint density at radius 1 is 1.38 bits per heavy atom. The third-order valence-electron chi connectivity index (χ3n) is 4.28. The summed E-state index contributed by atoms with van der Waals surface area (Å²) in [5, 5.41) is 2.99. The SMILES string of the molecule is CCOCc1ccc(NC(=O)N2CCCCC2c2ncc[nH]2)cc1. The fourth-order valence-electron chi connectivity index (χ4n) is 3.02. The lowest BCUT2D eigenvalue weighted by atomic mass is 10.0. The van der Waals surface area contributed by atoms with Gasteiger partial charge in [-0.1, -0.05) is 12.1 Å². The number of ether oxygens (including phenoxy) is 1. The number of anilines is 1. The van der Waals surface area contributed by atoms with Crippen molar-refractivity contribution in [3.63, 3.8) is 0 Å². The Morgan fingerprint density at radius 2 is 2.21 bits per heavy atom. The van der Waals surface area contributed by atoms with Gasteiger partial charge in [0.25, 0.3) is 0 Å². The zero-order valence-electron chi connectivity index (χ0n) is 14.0. The average molecular weight is 328 g/mol. The molecule has 2 amide bonds. The van der Waals surface area contributed by atoms with Crippen molar-refractivity contribution in [2.24, 2.45) is 0 Å². The molecule has 0 spiro atoms. The van der Waals surface area contributed by atoms with E-state index in [0.29, 0.717) is 13.2 Å². The number of hydrogen-bond acceptors (Lipinski definition) is 3. The number of piperidine rings is 1. The van der Waals surface area contributed by atoms with Gasteiger partial charge in [-0.2, -0.15) is 0 Å². The molecule has 0 bridgehead atoms. The van der Waals surface area contributed by atoms with Crippen LogP contribution in [0.15, 0.2) is 36.7 Å². The summed E-state index contributed by atoms with van der Waals surface area (Å²) in [5.41, 5.74) is 1.89. The molecule has 1 aromatic carbocycles. The van der Waals surface area contributed by atoms with E-state index in [9.17, 15) is 4.79 Å². The highest BCUT2D eigenvalue weighted by Crippen LogP contribution is 2.29. The number of benzene rings is 1. The molecule has 1 aromatic heterocycles. The number of urea groups is 1. The van der Waals surface area contributed by atoms with Gasteiger partial charge in [0, 0.05) is 31.2 Å². The van der Waals surface area contributed by atoms with Crippen LogP contribution in [0.4, 0.5) is 10.5 Å². The molecule has 1 aliphatic heterocycles. The van der Waals surface area contributed by atoms with Crippen LogP contribution in [-0.4, -0.2) is 34.1 Å². The van der Waals surface area contributed by atoms with Crippen LogP contribution in [0.5, 0.6) is 0 Å². The molecule has 1 unspecified atom stereocenters. The fraction of sp³-hybridized carbons (Fsp3) is 0.444. The third-order valence-corrected chi connectivity index (χ3v) is 4.28. The van der Waals surface area contributed by atoms with E-state index in [-0.39, 0.29) is 12.1 Å².